The van der Waals surface area contributed by atoms with E-state index in [0.717, 1.165) is 6.26 Å². The minimum Gasteiger partial charge on any atom is -0.322 e. The summed E-state index contributed by atoms with van der Waals surface area (Å²) < 4.78 is 50.1. The molecular formula is C19H24N2O5S2. The van der Waals surface area contributed by atoms with Crippen LogP contribution in [0.25, 0.3) is 0 Å². The van der Waals surface area contributed by atoms with Crippen LogP contribution in [0.5, 0.6) is 0 Å². The molecule has 0 aliphatic rings. The first-order valence-electron chi connectivity index (χ1n) is 8.67. The van der Waals surface area contributed by atoms with Crippen LogP contribution in [0, 0.1) is 13.8 Å². The van der Waals surface area contributed by atoms with Gasteiger partial charge in [-0.25, -0.2) is 16.8 Å². The number of sulfonamides is 1. The summed E-state index contributed by atoms with van der Waals surface area (Å²) in [7, 11) is -6.91. The molecule has 28 heavy (non-hydrogen) atoms. The number of hydrogen-bond donors (Lipinski definition) is 2. The molecule has 0 heterocycles. The van der Waals surface area contributed by atoms with Crippen molar-refractivity contribution in [2.24, 2.45) is 0 Å². The Kier molecular flexibility index (Phi) is 6.51. The highest BCUT2D eigenvalue weighted by atomic mass is 32.2. The van der Waals surface area contributed by atoms with Gasteiger partial charge in [0, 0.05) is 17.5 Å². The minimum absolute atomic E-state index is 0.000501. The third-order valence-corrected chi connectivity index (χ3v) is 6.79. The average molecular weight is 425 g/mol. The second-order valence-electron chi connectivity index (χ2n) is 6.60. The van der Waals surface area contributed by atoms with Gasteiger partial charge < -0.3 is 5.32 Å². The number of sulfone groups is 1. The fourth-order valence-electron chi connectivity index (χ4n) is 2.63. The number of aryl methyl sites for hydroxylation is 1. The molecule has 0 aromatic heterocycles. The van der Waals surface area contributed by atoms with Crippen molar-refractivity contribution in [2.75, 3.05) is 22.0 Å². The Morgan fingerprint density at radius 1 is 1.00 bits per heavy atom. The van der Waals surface area contributed by atoms with Gasteiger partial charge in [0.15, 0.2) is 9.84 Å². The maximum Gasteiger partial charge on any atom is 0.255 e. The zero-order valence-corrected chi connectivity index (χ0v) is 17.9. The first-order valence-corrected chi connectivity index (χ1v) is 12.2. The van der Waals surface area contributed by atoms with Crippen molar-refractivity contribution in [3.63, 3.8) is 0 Å². The van der Waals surface area contributed by atoms with Crippen molar-refractivity contribution in [1.82, 2.24) is 0 Å². The molecule has 0 spiro atoms. The lowest BCUT2D eigenvalue weighted by molar-refractivity contribution is 0.102. The maximum absolute atomic E-state index is 12.7. The molecule has 2 rings (SSSR count). The van der Waals surface area contributed by atoms with E-state index in [1.54, 1.807) is 45.0 Å². The highest BCUT2D eigenvalue weighted by Gasteiger charge is 2.17. The molecule has 152 valence electrons. The normalized spacial score (nSPS) is 11.9. The molecule has 0 fully saturated rings. The summed E-state index contributed by atoms with van der Waals surface area (Å²) in [5, 5.41) is 2.74. The van der Waals surface area contributed by atoms with Crippen LogP contribution in [0.3, 0.4) is 0 Å². The average Bonchev–Trinajstić information content (AvgIpc) is 2.57. The molecule has 9 heteroatoms. The highest BCUT2D eigenvalue weighted by Crippen LogP contribution is 2.25. The number of hydrogen-bond acceptors (Lipinski definition) is 5. The molecule has 0 saturated heterocycles. The van der Waals surface area contributed by atoms with E-state index >= 15 is 0 Å². The monoisotopic (exact) mass is 424 g/mol. The Morgan fingerprint density at radius 2 is 1.64 bits per heavy atom. The number of rotatable bonds is 7. The van der Waals surface area contributed by atoms with Gasteiger partial charge in [-0.1, -0.05) is 19.1 Å². The molecule has 0 bridgehead atoms. The van der Waals surface area contributed by atoms with E-state index in [-0.39, 0.29) is 16.2 Å². The third-order valence-electron chi connectivity index (χ3n) is 4.20. The fourth-order valence-corrected chi connectivity index (χ4v) is 4.48. The quantitative estimate of drug-likeness (QED) is 0.710. The van der Waals surface area contributed by atoms with E-state index in [4.69, 9.17) is 0 Å². The topological polar surface area (TPSA) is 109 Å². The molecular weight excluding hydrogens is 400 g/mol. The number of benzene rings is 2. The molecule has 2 aromatic carbocycles. The first-order chi connectivity index (χ1) is 12.9. The van der Waals surface area contributed by atoms with Crippen LogP contribution in [0.4, 0.5) is 11.4 Å². The molecule has 0 atom stereocenters. The van der Waals surface area contributed by atoms with Gasteiger partial charge >= 0.3 is 0 Å². The number of anilines is 2. The molecule has 2 N–H and O–H groups in total. The lowest BCUT2D eigenvalue weighted by Crippen LogP contribution is -2.18. The Balaban J connectivity index is 2.34. The lowest BCUT2D eigenvalue weighted by atomic mass is 10.1. The van der Waals surface area contributed by atoms with Crippen molar-refractivity contribution in [2.45, 2.75) is 32.1 Å². The van der Waals surface area contributed by atoms with E-state index in [1.165, 1.54) is 12.1 Å². The predicted molar refractivity (Wildman–Crippen MR) is 111 cm³/mol. The van der Waals surface area contributed by atoms with Gasteiger partial charge in [-0.2, -0.15) is 0 Å². The van der Waals surface area contributed by atoms with Crippen LogP contribution >= 0.6 is 0 Å². The Hall–Kier alpha value is -2.39. The molecule has 0 saturated carbocycles. The van der Waals surface area contributed by atoms with Crippen molar-refractivity contribution in [3.05, 3.63) is 53.1 Å². The van der Waals surface area contributed by atoms with Crippen LogP contribution in [-0.4, -0.2) is 34.8 Å². The van der Waals surface area contributed by atoms with Gasteiger partial charge in [0.05, 0.1) is 16.3 Å². The van der Waals surface area contributed by atoms with Gasteiger partial charge in [0.25, 0.3) is 5.91 Å². The van der Waals surface area contributed by atoms with Gasteiger partial charge in [0.1, 0.15) is 0 Å². The number of carbonyl (C=O) groups excluding carboxylic acids is 1. The third kappa shape index (κ3) is 5.32. The second kappa shape index (κ2) is 8.32. The van der Waals surface area contributed by atoms with E-state index in [1.807, 2.05) is 0 Å². The van der Waals surface area contributed by atoms with Gasteiger partial charge in [0.2, 0.25) is 10.0 Å². The molecule has 0 radical (unpaired) electrons. The van der Waals surface area contributed by atoms with Crippen LogP contribution in [0.15, 0.2) is 41.3 Å². The molecule has 1 amide bonds. The molecule has 0 aliphatic heterocycles. The summed E-state index contributed by atoms with van der Waals surface area (Å²) in [4.78, 5) is 12.8. The number of amides is 1. The molecule has 0 aliphatic carbocycles. The van der Waals surface area contributed by atoms with Gasteiger partial charge in [-0.15, -0.1) is 0 Å². The predicted octanol–water partition coefficient (Wildman–Crippen LogP) is 3.11. The Labute approximate surface area is 166 Å². The highest BCUT2D eigenvalue weighted by molar-refractivity contribution is 7.92. The van der Waals surface area contributed by atoms with Gasteiger partial charge in [-0.05, 0) is 55.7 Å². The summed E-state index contributed by atoms with van der Waals surface area (Å²) in [6.45, 7) is 5.18. The van der Waals surface area contributed by atoms with Crippen molar-refractivity contribution >= 4 is 37.1 Å². The minimum atomic E-state index is -3.46. The molecule has 0 unspecified atom stereocenters. The summed E-state index contributed by atoms with van der Waals surface area (Å²) in [6, 6.07) is 9.27. The SMILES string of the molecule is CCCS(=O)(=O)Nc1cccc(NC(=O)c2cc(S(C)(=O)=O)ccc2C)c1C. The summed E-state index contributed by atoms with van der Waals surface area (Å²) in [5.41, 5.74) is 2.24. The molecule has 2 aromatic rings. The lowest BCUT2D eigenvalue weighted by Gasteiger charge is -2.15. The molecule has 7 nitrogen and oxygen atoms in total. The van der Waals surface area contributed by atoms with Crippen molar-refractivity contribution < 1.29 is 21.6 Å². The Morgan fingerprint density at radius 3 is 2.25 bits per heavy atom. The zero-order valence-electron chi connectivity index (χ0n) is 16.2. The van der Waals surface area contributed by atoms with E-state index in [0.29, 0.717) is 28.9 Å². The summed E-state index contributed by atoms with van der Waals surface area (Å²) >= 11 is 0. The maximum atomic E-state index is 12.7. The van der Waals surface area contributed by atoms with E-state index in [9.17, 15) is 21.6 Å². The largest absolute Gasteiger partial charge is 0.322 e. The second-order valence-corrected chi connectivity index (χ2v) is 10.5. The zero-order chi connectivity index (χ0) is 21.1. The first kappa shape index (κ1) is 21.9. The van der Waals surface area contributed by atoms with E-state index < -0.39 is 25.8 Å². The van der Waals surface area contributed by atoms with Crippen molar-refractivity contribution in [3.8, 4) is 0 Å². The Bertz CT molecular complexity index is 1110. The smallest absolute Gasteiger partial charge is 0.255 e. The van der Waals surface area contributed by atoms with Crippen LogP contribution in [-0.2, 0) is 19.9 Å². The number of nitrogens with one attached hydrogen (secondary N) is 2. The van der Waals surface area contributed by atoms with Crippen LogP contribution in [0.1, 0.15) is 34.8 Å². The fraction of sp³-hybridized carbons (Fsp3) is 0.316. The van der Waals surface area contributed by atoms with Gasteiger partial charge in [-0.3, -0.25) is 9.52 Å². The van der Waals surface area contributed by atoms with E-state index in [2.05, 4.69) is 10.0 Å². The summed E-state index contributed by atoms with van der Waals surface area (Å²) in [5.74, 6) is -0.472. The number of carbonyl (C=O) groups is 1. The van der Waals surface area contributed by atoms with Crippen LogP contribution < -0.4 is 10.0 Å². The van der Waals surface area contributed by atoms with Crippen LogP contribution in [0.2, 0.25) is 0 Å². The standard InChI is InChI=1S/C19H24N2O5S2/c1-5-11-28(25,26)21-18-8-6-7-17(14(18)3)20-19(22)16-12-15(27(4,23)24)10-9-13(16)2/h6-10,12,21H,5,11H2,1-4H3,(H,20,22). The summed E-state index contributed by atoms with van der Waals surface area (Å²) in [6.07, 6.45) is 1.57. The van der Waals surface area contributed by atoms with Crippen molar-refractivity contribution in [1.29, 1.82) is 0 Å².